The smallest absolute Gasteiger partial charge is 0.409 e. The number of thiol groups is 1. The van der Waals surface area contributed by atoms with Gasteiger partial charge in [-0.3, -0.25) is 0 Å². The summed E-state index contributed by atoms with van der Waals surface area (Å²) >= 11 is 4.50. The first-order chi connectivity index (χ1) is 9.02. The third kappa shape index (κ3) is 2.87. The molecule has 2 rings (SSSR count). The molecule has 102 valence electrons. The largest absolute Gasteiger partial charge is 0.453 e. The van der Waals surface area contributed by atoms with E-state index in [1.165, 1.54) is 12.7 Å². The number of rotatable bonds is 3. The highest BCUT2D eigenvalue weighted by Gasteiger charge is 2.09. The molecular weight excluding hydrogens is 260 g/mol. The number of nitrogens with zero attached hydrogens (tertiary/aromatic N) is 1. The zero-order chi connectivity index (χ0) is 14.0. The fraction of sp³-hybridized carbons (Fsp3) is 0.357. The molecule has 0 fully saturated rings. The summed E-state index contributed by atoms with van der Waals surface area (Å²) in [7, 11) is 3.12. The van der Waals surface area contributed by atoms with Crippen LogP contribution in [0.5, 0.6) is 0 Å². The Balaban J connectivity index is 2.13. The van der Waals surface area contributed by atoms with Crippen molar-refractivity contribution in [2.45, 2.75) is 18.2 Å². The molecule has 0 aliphatic carbocycles. The third-order valence-electron chi connectivity index (χ3n) is 3.24. The van der Waals surface area contributed by atoms with Crippen LogP contribution < -0.4 is 0 Å². The van der Waals surface area contributed by atoms with Crippen LogP contribution in [0.4, 0.5) is 4.79 Å². The van der Waals surface area contributed by atoms with E-state index in [0.29, 0.717) is 6.54 Å². The number of likely N-dealkylation sites (N-methyl/N-ethyl adjacent to an activating group) is 1. The highest BCUT2D eigenvalue weighted by atomic mass is 32.1. The lowest BCUT2D eigenvalue weighted by atomic mass is 10.1. The zero-order valence-corrected chi connectivity index (χ0v) is 12.3. The highest BCUT2D eigenvalue weighted by Crippen LogP contribution is 2.26. The predicted octanol–water partition coefficient (Wildman–Crippen LogP) is 3.01. The number of benzene rings is 1. The molecule has 0 atom stereocenters. The summed E-state index contributed by atoms with van der Waals surface area (Å²) in [5.74, 6) is 0. The monoisotopic (exact) mass is 278 g/mol. The number of hydrogen-bond acceptors (Lipinski definition) is 3. The van der Waals surface area contributed by atoms with Crippen molar-refractivity contribution in [3.8, 4) is 0 Å². The maximum Gasteiger partial charge on any atom is 0.409 e. The normalized spacial score (nSPS) is 10.7. The lowest BCUT2D eigenvalue weighted by Crippen LogP contribution is -2.28. The van der Waals surface area contributed by atoms with Crippen LogP contribution in [0.15, 0.2) is 23.1 Å². The first kappa shape index (κ1) is 13.8. The minimum Gasteiger partial charge on any atom is -0.453 e. The number of nitrogens with one attached hydrogen (secondary N) is 1. The number of amides is 1. The summed E-state index contributed by atoms with van der Waals surface area (Å²) in [6.07, 6.45) is 0.479. The number of fused-ring (bicyclic) bond motifs is 1. The van der Waals surface area contributed by atoms with Crippen molar-refractivity contribution in [2.75, 3.05) is 20.7 Å². The minimum atomic E-state index is -0.312. The van der Waals surface area contributed by atoms with E-state index < -0.39 is 0 Å². The molecule has 0 radical (unpaired) electrons. The number of aromatic nitrogens is 1. The lowest BCUT2D eigenvalue weighted by molar-refractivity contribution is 0.134. The van der Waals surface area contributed by atoms with Gasteiger partial charge in [-0.2, -0.15) is 0 Å². The Kier molecular flexibility index (Phi) is 4.04. The molecular formula is C14H18N2O2S. The van der Waals surface area contributed by atoms with Gasteiger partial charge in [-0.05, 0) is 31.0 Å². The van der Waals surface area contributed by atoms with Crippen LogP contribution in [0, 0.1) is 6.92 Å². The van der Waals surface area contributed by atoms with Crippen molar-refractivity contribution in [1.29, 1.82) is 0 Å². The molecule has 1 heterocycles. The van der Waals surface area contributed by atoms with Crippen LogP contribution in [0.2, 0.25) is 0 Å². The quantitative estimate of drug-likeness (QED) is 0.848. The molecule has 0 aliphatic heterocycles. The average Bonchev–Trinajstić information content (AvgIpc) is 2.70. The van der Waals surface area contributed by atoms with Crippen LogP contribution in [-0.2, 0) is 11.2 Å². The van der Waals surface area contributed by atoms with E-state index in [0.717, 1.165) is 27.9 Å². The van der Waals surface area contributed by atoms with Crippen LogP contribution in [0.25, 0.3) is 10.9 Å². The standard InChI is InChI=1S/C14H18N2O2S/c1-9-13(19)11-8-10(4-5-12(11)15-9)6-7-16(2)14(17)18-3/h4-5,8,15,19H,6-7H2,1-3H3. The molecule has 1 aromatic heterocycles. The Hall–Kier alpha value is -1.62. The van der Waals surface area contributed by atoms with E-state index in [4.69, 9.17) is 0 Å². The van der Waals surface area contributed by atoms with E-state index in [2.05, 4.69) is 40.5 Å². The number of H-pyrrole nitrogens is 1. The van der Waals surface area contributed by atoms with Gasteiger partial charge in [0.05, 0.1) is 7.11 Å². The second-order valence-electron chi connectivity index (χ2n) is 4.62. The summed E-state index contributed by atoms with van der Waals surface area (Å²) in [5.41, 5.74) is 3.34. The molecule has 0 saturated carbocycles. The molecule has 0 spiro atoms. The van der Waals surface area contributed by atoms with Gasteiger partial charge in [0.2, 0.25) is 0 Å². The summed E-state index contributed by atoms with van der Waals surface area (Å²) in [5, 5.41) is 1.12. The van der Waals surface area contributed by atoms with Gasteiger partial charge in [0.1, 0.15) is 0 Å². The Bertz CT molecular complexity index is 607. The maximum atomic E-state index is 11.3. The molecule has 1 N–H and O–H groups in total. The van der Waals surface area contributed by atoms with Gasteiger partial charge in [0.15, 0.2) is 0 Å². The van der Waals surface area contributed by atoms with Crippen LogP contribution in [-0.4, -0.2) is 36.7 Å². The Morgan fingerprint density at radius 3 is 2.89 bits per heavy atom. The van der Waals surface area contributed by atoms with Gasteiger partial charge in [-0.1, -0.05) is 6.07 Å². The number of hydrogen-bond donors (Lipinski definition) is 2. The van der Waals surface area contributed by atoms with Crippen LogP contribution in [0.1, 0.15) is 11.3 Å². The molecule has 19 heavy (non-hydrogen) atoms. The third-order valence-corrected chi connectivity index (χ3v) is 3.81. The molecule has 0 aliphatic rings. The summed E-state index contributed by atoms with van der Waals surface area (Å²) in [6.45, 7) is 2.64. The fourth-order valence-electron chi connectivity index (χ4n) is 2.06. The van der Waals surface area contributed by atoms with E-state index in [1.807, 2.05) is 6.92 Å². The summed E-state index contributed by atoms with van der Waals surface area (Å²) in [6, 6.07) is 6.23. The Morgan fingerprint density at radius 1 is 1.47 bits per heavy atom. The highest BCUT2D eigenvalue weighted by molar-refractivity contribution is 7.80. The van der Waals surface area contributed by atoms with Crippen molar-refractivity contribution in [1.82, 2.24) is 9.88 Å². The number of aryl methyl sites for hydroxylation is 1. The predicted molar refractivity (Wildman–Crippen MR) is 79.0 cm³/mol. The number of methoxy groups -OCH3 is 1. The van der Waals surface area contributed by atoms with Gasteiger partial charge in [0, 0.05) is 35.1 Å². The molecule has 1 amide bonds. The molecule has 4 nitrogen and oxygen atoms in total. The van der Waals surface area contributed by atoms with E-state index >= 15 is 0 Å². The number of carbonyl (C=O) groups is 1. The van der Waals surface area contributed by atoms with Crippen molar-refractivity contribution in [3.63, 3.8) is 0 Å². The molecule has 0 unspecified atom stereocenters. The van der Waals surface area contributed by atoms with E-state index in [9.17, 15) is 4.79 Å². The molecule has 0 bridgehead atoms. The molecule has 5 heteroatoms. The SMILES string of the molecule is COC(=O)N(C)CCc1ccc2[nH]c(C)c(S)c2c1. The van der Waals surface area contributed by atoms with E-state index in [-0.39, 0.29) is 6.09 Å². The van der Waals surface area contributed by atoms with Crippen LogP contribution >= 0.6 is 12.6 Å². The average molecular weight is 278 g/mol. The maximum absolute atomic E-state index is 11.3. The fourth-order valence-corrected chi connectivity index (χ4v) is 2.30. The summed E-state index contributed by atoms with van der Waals surface area (Å²) < 4.78 is 4.66. The van der Waals surface area contributed by atoms with Gasteiger partial charge in [-0.15, -0.1) is 12.6 Å². The van der Waals surface area contributed by atoms with Crippen molar-refractivity contribution >= 4 is 29.6 Å². The van der Waals surface area contributed by atoms with Crippen molar-refractivity contribution in [2.24, 2.45) is 0 Å². The van der Waals surface area contributed by atoms with Gasteiger partial charge < -0.3 is 14.6 Å². The van der Waals surface area contributed by atoms with Gasteiger partial charge in [-0.25, -0.2) is 4.79 Å². The zero-order valence-electron chi connectivity index (χ0n) is 11.4. The van der Waals surface area contributed by atoms with Crippen molar-refractivity contribution in [3.05, 3.63) is 29.5 Å². The summed E-state index contributed by atoms with van der Waals surface area (Å²) in [4.78, 5) is 17.1. The topological polar surface area (TPSA) is 45.3 Å². The van der Waals surface area contributed by atoms with E-state index in [1.54, 1.807) is 11.9 Å². The second kappa shape index (κ2) is 5.57. The van der Waals surface area contributed by atoms with Gasteiger partial charge in [0.25, 0.3) is 0 Å². The Labute approximate surface area is 118 Å². The first-order valence-electron chi connectivity index (χ1n) is 6.12. The second-order valence-corrected chi connectivity index (χ2v) is 5.07. The molecule has 1 aromatic carbocycles. The number of carbonyl (C=O) groups excluding carboxylic acids is 1. The lowest BCUT2D eigenvalue weighted by Gasteiger charge is -2.15. The first-order valence-corrected chi connectivity index (χ1v) is 6.57. The minimum absolute atomic E-state index is 0.312. The van der Waals surface area contributed by atoms with Crippen molar-refractivity contribution < 1.29 is 9.53 Å². The van der Waals surface area contributed by atoms with Gasteiger partial charge >= 0.3 is 6.09 Å². The van der Waals surface area contributed by atoms with Crippen LogP contribution in [0.3, 0.4) is 0 Å². The molecule has 2 aromatic rings. The number of aromatic amines is 1. The number of ether oxygens (including phenoxy) is 1. The Morgan fingerprint density at radius 2 is 2.21 bits per heavy atom. The molecule has 0 saturated heterocycles.